The minimum Gasteiger partial charge on any atom is -0.491 e. The molecule has 39 heavy (non-hydrogen) atoms. The van der Waals surface area contributed by atoms with Gasteiger partial charge < -0.3 is 19.5 Å². The first-order valence-electron chi connectivity index (χ1n) is 12.7. The highest BCUT2D eigenvalue weighted by Crippen LogP contribution is 2.44. The van der Waals surface area contributed by atoms with Gasteiger partial charge in [0.25, 0.3) is 0 Å². The van der Waals surface area contributed by atoms with Crippen LogP contribution >= 0.6 is 11.6 Å². The Hall–Kier alpha value is -4.29. The summed E-state index contributed by atoms with van der Waals surface area (Å²) in [5.41, 5.74) is 5.58. The van der Waals surface area contributed by atoms with Crippen molar-refractivity contribution >= 4 is 23.7 Å². The molecule has 1 aliphatic carbocycles. The number of fused-ring (bicyclic) bond motifs is 3. The lowest BCUT2D eigenvalue weighted by atomic mass is 9.98. The molecule has 6 nitrogen and oxygen atoms in total. The zero-order chi connectivity index (χ0) is 27.4. The maximum atomic E-state index is 13.3. The Labute approximate surface area is 232 Å². The SMILES string of the molecule is CN(C(=O)OCC1c2ccccc2-c2ccccc21)[C@H](COc1ccc(Cl)cc1C(=O)O)Cc1ccccc1. The van der Waals surface area contributed by atoms with Crippen LogP contribution in [0.2, 0.25) is 5.02 Å². The van der Waals surface area contributed by atoms with Crippen LogP contribution in [0.4, 0.5) is 4.79 Å². The van der Waals surface area contributed by atoms with E-state index in [2.05, 4.69) is 24.3 Å². The van der Waals surface area contributed by atoms with Crippen LogP contribution in [-0.2, 0) is 11.2 Å². The molecule has 0 radical (unpaired) electrons. The molecule has 0 spiro atoms. The third kappa shape index (κ3) is 5.76. The number of benzene rings is 4. The molecular formula is C32H28ClNO5. The fraction of sp³-hybridized carbons (Fsp3) is 0.188. The Morgan fingerprint density at radius 1 is 0.897 bits per heavy atom. The van der Waals surface area contributed by atoms with E-state index in [1.807, 2.05) is 54.6 Å². The van der Waals surface area contributed by atoms with Gasteiger partial charge >= 0.3 is 12.1 Å². The first-order chi connectivity index (χ1) is 18.9. The van der Waals surface area contributed by atoms with Gasteiger partial charge in [0.05, 0.1) is 6.04 Å². The van der Waals surface area contributed by atoms with E-state index in [0.717, 1.165) is 27.8 Å². The molecule has 5 rings (SSSR count). The van der Waals surface area contributed by atoms with Gasteiger partial charge in [-0.05, 0) is 52.4 Å². The van der Waals surface area contributed by atoms with Gasteiger partial charge in [0, 0.05) is 18.0 Å². The van der Waals surface area contributed by atoms with Gasteiger partial charge in [0.2, 0.25) is 0 Å². The Kier molecular flexibility index (Phi) is 7.84. The van der Waals surface area contributed by atoms with Crippen LogP contribution in [-0.4, -0.2) is 48.4 Å². The van der Waals surface area contributed by atoms with E-state index in [4.69, 9.17) is 21.1 Å². The van der Waals surface area contributed by atoms with Crippen molar-refractivity contribution < 1.29 is 24.2 Å². The number of carboxylic acid groups (broad SMARTS) is 1. The minimum absolute atomic E-state index is 0.0373. The van der Waals surface area contributed by atoms with Crippen LogP contribution in [0.5, 0.6) is 5.75 Å². The van der Waals surface area contributed by atoms with Gasteiger partial charge in [0.15, 0.2) is 0 Å². The predicted octanol–water partition coefficient (Wildman–Crippen LogP) is 6.91. The molecule has 1 atom stereocenters. The zero-order valence-electron chi connectivity index (χ0n) is 21.4. The van der Waals surface area contributed by atoms with Crippen molar-refractivity contribution in [3.8, 4) is 16.9 Å². The molecule has 0 saturated heterocycles. The number of likely N-dealkylation sites (N-methyl/N-ethyl adjacent to an activating group) is 1. The van der Waals surface area contributed by atoms with Crippen molar-refractivity contribution in [1.29, 1.82) is 0 Å². The average molecular weight is 542 g/mol. The first kappa shape index (κ1) is 26.3. The van der Waals surface area contributed by atoms with Gasteiger partial charge in [-0.25, -0.2) is 9.59 Å². The molecule has 198 valence electrons. The minimum atomic E-state index is -1.14. The molecule has 1 amide bonds. The van der Waals surface area contributed by atoms with Gasteiger partial charge in [-0.2, -0.15) is 0 Å². The van der Waals surface area contributed by atoms with Crippen LogP contribution in [0, 0.1) is 0 Å². The van der Waals surface area contributed by atoms with Crippen molar-refractivity contribution in [2.24, 2.45) is 0 Å². The lowest BCUT2D eigenvalue weighted by Crippen LogP contribution is -2.43. The lowest BCUT2D eigenvalue weighted by Gasteiger charge is -2.28. The normalized spacial score (nSPS) is 12.8. The number of rotatable bonds is 9. The molecule has 1 aliphatic rings. The van der Waals surface area contributed by atoms with Gasteiger partial charge in [-0.15, -0.1) is 0 Å². The number of carbonyl (C=O) groups excluding carboxylic acids is 1. The van der Waals surface area contributed by atoms with Crippen LogP contribution in [0.3, 0.4) is 0 Å². The summed E-state index contributed by atoms with van der Waals surface area (Å²) in [6.45, 7) is 0.272. The molecule has 1 N–H and O–H groups in total. The van der Waals surface area contributed by atoms with E-state index in [-0.39, 0.29) is 30.4 Å². The molecule has 0 unspecified atom stereocenters. The highest BCUT2D eigenvalue weighted by atomic mass is 35.5. The van der Waals surface area contributed by atoms with E-state index in [1.165, 1.54) is 17.0 Å². The quantitative estimate of drug-likeness (QED) is 0.249. The average Bonchev–Trinajstić information content (AvgIpc) is 3.28. The largest absolute Gasteiger partial charge is 0.491 e. The van der Waals surface area contributed by atoms with Gasteiger partial charge in [0.1, 0.15) is 24.5 Å². The number of halogens is 1. The molecular weight excluding hydrogens is 514 g/mol. The summed E-state index contributed by atoms with van der Waals surface area (Å²) in [7, 11) is 1.68. The molecule has 4 aromatic rings. The van der Waals surface area contributed by atoms with Crippen molar-refractivity contribution in [2.45, 2.75) is 18.4 Å². The van der Waals surface area contributed by atoms with E-state index >= 15 is 0 Å². The van der Waals surface area contributed by atoms with Gasteiger partial charge in [-0.3, -0.25) is 0 Å². The summed E-state index contributed by atoms with van der Waals surface area (Å²) in [4.78, 5) is 26.6. The molecule has 0 saturated carbocycles. The third-order valence-corrected chi connectivity index (χ3v) is 7.32. The Balaban J connectivity index is 1.32. The summed E-state index contributed by atoms with van der Waals surface area (Å²) in [5, 5.41) is 9.88. The summed E-state index contributed by atoms with van der Waals surface area (Å²) in [5.74, 6) is -1.01. The van der Waals surface area contributed by atoms with E-state index in [0.29, 0.717) is 11.4 Å². The summed E-state index contributed by atoms with van der Waals surface area (Å²) in [6, 6.07) is 30.2. The van der Waals surface area contributed by atoms with E-state index < -0.39 is 18.1 Å². The fourth-order valence-electron chi connectivity index (χ4n) is 5.02. The second-order valence-electron chi connectivity index (χ2n) is 9.52. The number of aromatic carboxylic acids is 1. The first-order valence-corrected chi connectivity index (χ1v) is 13.1. The van der Waals surface area contributed by atoms with Crippen LogP contribution < -0.4 is 4.74 Å². The second-order valence-corrected chi connectivity index (χ2v) is 9.95. The number of hydrogen-bond donors (Lipinski definition) is 1. The van der Waals surface area contributed by atoms with Crippen LogP contribution in [0.25, 0.3) is 11.1 Å². The second kappa shape index (κ2) is 11.6. The molecule has 4 aromatic carbocycles. The maximum Gasteiger partial charge on any atom is 0.409 e. The van der Waals surface area contributed by atoms with Crippen LogP contribution in [0.15, 0.2) is 97.1 Å². The Morgan fingerprint density at radius 2 is 1.51 bits per heavy atom. The number of amides is 1. The molecule has 7 heteroatoms. The highest BCUT2D eigenvalue weighted by Gasteiger charge is 2.30. The number of carboxylic acids is 1. The van der Waals surface area contributed by atoms with E-state index in [9.17, 15) is 14.7 Å². The highest BCUT2D eigenvalue weighted by molar-refractivity contribution is 6.31. The van der Waals surface area contributed by atoms with E-state index in [1.54, 1.807) is 13.1 Å². The lowest BCUT2D eigenvalue weighted by molar-refractivity contribution is 0.0681. The van der Waals surface area contributed by atoms with Crippen molar-refractivity contribution in [2.75, 3.05) is 20.3 Å². The van der Waals surface area contributed by atoms with Crippen molar-refractivity contribution in [3.63, 3.8) is 0 Å². The summed E-state index contributed by atoms with van der Waals surface area (Å²) in [6.07, 6.45) is 0.0216. The summed E-state index contributed by atoms with van der Waals surface area (Å²) < 4.78 is 11.8. The molecule has 0 fully saturated rings. The molecule has 0 aromatic heterocycles. The number of carbonyl (C=O) groups is 2. The number of nitrogens with zero attached hydrogens (tertiary/aromatic N) is 1. The molecule has 0 bridgehead atoms. The standard InChI is InChI=1S/C32H28ClNO5/c1-34(32(37)39-20-29-26-13-7-5-11-24(26)25-12-6-8-14-27(25)29)23(17-21-9-3-2-4-10-21)19-38-30-16-15-22(33)18-28(30)31(35)36/h2-16,18,23,29H,17,19-20H2,1H3,(H,35,36)/t23-/m0/s1. The third-order valence-electron chi connectivity index (χ3n) is 7.09. The fourth-order valence-corrected chi connectivity index (χ4v) is 5.19. The summed E-state index contributed by atoms with van der Waals surface area (Å²) >= 11 is 5.99. The predicted molar refractivity (Wildman–Crippen MR) is 151 cm³/mol. The maximum absolute atomic E-state index is 13.3. The topological polar surface area (TPSA) is 76.1 Å². The number of ether oxygens (including phenoxy) is 2. The van der Waals surface area contributed by atoms with Gasteiger partial charge in [-0.1, -0.05) is 90.5 Å². The molecule has 0 aliphatic heterocycles. The van der Waals surface area contributed by atoms with Crippen LogP contribution in [0.1, 0.15) is 33.0 Å². The number of hydrogen-bond acceptors (Lipinski definition) is 4. The van der Waals surface area contributed by atoms with Crippen molar-refractivity contribution in [1.82, 2.24) is 4.90 Å². The molecule has 0 heterocycles. The Bertz CT molecular complexity index is 1440. The smallest absolute Gasteiger partial charge is 0.409 e. The Morgan fingerprint density at radius 3 is 2.15 bits per heavy atom. The monoisotopic (exact) mass is 541 g/mol. The zero-order valence-corrected chi connectivity index (χ0v) is 22.2. The van der Waals surface area contributed by atoms with Crippen molar-refractivity contribution in [3.05, 3.63) is 124 Å².